The number of carboxylic acids is 1. The first-order valence-electron chi connectivity index (χ1n) is 8.29. The zero-order chi connectivity index (χ0) is 15.5. The Morgan fingerprint density at radius 3 is 2.41 bits per heavy atom. The first kappa shape index (κ1) is 15.1. The number of benzene rings is 1. The molecule has 0 spiro atoms. The van der Waals surface area contributed by atoms with Crippen molar-refractivity contribution in [1.29, 1.82) is 0 Å². The van der Waals surface area contributed by atoms with Gasteiger partial charge in [-0.2, -0.15) is 0 Å². The van der Waals surface area contributed by atoms with E-state index in [2.05, 4.69) is 6.07 Å². The molecule has 118 valence electrons. The van der Waals surface area contributed by atoms with Crippen LogP contribution in [0.2, 0.25) is 0 Å². The van der Waals surface area contributed by atoms with Gasteiger partial charge in [0.05, 0.1) is 5.92 Å². The van der Waals surface area contributed by atoms with Crippen molar-refractivity contribution in [1.82, 2.24) is 0 Å². The molecule has 2 aliphatic rings. The predicted octanol–water partition coefficient (Wildman–Crippen LogP) is 3.25. The number of fused-ring (bicyclic) bond motifs is 1. The second kappa shape index (κ2) is 6.51. The van der Waals surface area contributed by atoms with E-state index in [-0.39, 0.29) is 17.7 Å². The Morgan fingerprint density at radius 1 is 1.00 bits per heavy atom. The first-order valence-corrected chi connectivity index (χ1v) is 8.29. The molecule has 1 aliphatic carbocycles. The zero-order valence-electron chi connectivity index (χ0n) is 12.8. The monoisotopic (exact) mass is 301 g/mol. The fraction of sp³-hybridized carbons (Fsp3) is 0.556. The largest absolute Gasteiger partial charge is 0.481 e. The Morgan fingerprint density at radius 2 is 1.68 bits per heavy atom. The van der Waals surface area contributed by atoms with E-state index >= 15 is 0 Å². The van der Waals surface area contributed by atoms with Crippen LogP contribution in [0.4, 0.5) is 5.69 Å². The average Bonchev–Trinajstić information content (AvgIpc) is 2.76. The highest BCUT2D eigenvalue weighted by Gasteiger charge is 2.33. The Kier molecular flexibility index (Phi) is 4.46. The maximum atomic E-state index is 12.9. The third-order valence-electron chi connectivity index (χ3n) is 5.05. The SMILES string of the molecule is O=C(O)C1CCC(C(=O)N2CCCCc3ccccc32)CC1. The number of aryl methyl sites for hydroxylation is 1. The number of rotatable bonds is 2. The van der Waals surface area contributed by atoms with Crippen LogP contribution in [0, 0.1) is 11.8 Å². The summed E-state index contributed by atoms with van der Waals surface area (Å²) in [5, 5.41) is 9.08. The van der Waals surface area contributed by atoms with Crippen molar-refractivity contribution >= 4 is 17.6 Å². The van der Waals surface area contributed by atoms with Crippen LogP contribution in [0.5, 0.6) is 0 Å². The van der Waals surface area contributed by atoms with Crippen molar-refractivity contribution in [3.63, 3.8) is 0 Å². The fourth-order valence-electron chi connectivity index (χ4n) is 3.73. The summed E-state index contributed by atoms with van der Waals surface area (Å²) in [6.45, 7) is 0.786. The van der Waals surface area contributed by atoms with Crippen LogP contribution in [0.15, 0.2) is 24.3 Å². The quantitative estimate of drug-likeness (QED) is 0.912. The molecule has 1 aromatic carbocycles. The number of nitrogens with zero attached hydrogens (tertiary/aromatic N) is 1. The number of hydrogen-bond acceptors (Lipinski definition) is 2. The van der Waals surface area contributed by atoms with E-state index in [0.717, 1.165) is 31.5 Å². The summed E-state index contributed by atoms with van der Waals surface area (Å²) in [7, 11) is 0. The van der Waals surface area contributed by atoms with Crippen molar-refractivity contribution < 1.29 is 14.7 Å². The second-order valence-electron chi connectivity index (χ2n) is 6.46. The highest BCUT2D eigenvalue weighted by atomic mass is 16.4. The Balaban J connectivity index is 1.74. The molecule has 1 N–H and O–H groups in total. The maximum absolute atomic E-state index is 12.9. The van der Waals surface area contributed by atoms with Crippen molar-refractivity contribution in [2.45, 2.75) is 44.9 Å². The van der Waals surface area contributed by atoms with Crippen molar-refractivity contribution in [2.75, 3.05) is 11.4 Å². The van der Waals surface area contributed by atoms with Crippen LogP contribution >= 0.6 is 0 Å². The molecular formula is C18H23NO3. The molecule has 1 saturated carbocycles. The lowest BCUT2D eigenvalue weighted by molar-refractivity contribution is -0.144. The van der Waals surface area contributed by atoms with Gasteiger partial charge < -0.3 is 10.0 Å². The number of carbonyl (C=O) groups excluding carboxylic acids is 1. The van der Waals surface area contributed by atoms with Crippen LogP contribution in [0.1, 0.15) is 44.1 Å². The van der Waals surface area contributed by atoms with Gasteiger partial charge in [-0.25, -0.2) is 0 Å². The van der Waals surface area contributed by atoms with Gasteiger partial charge in [0.2, 0.25) is 5.91 Å². The van der Waals surface area contributed by atoms with Gasteiger partial charge in [-0.05, 0) is 56.6 Å². The summed E-state index contributed by atoms with van der Waals surface area (Å²) in [5.74, 6) is -0.800. The normalized spacial score (nSPS) is 25.2. The van der Waals surface area contributed by atoms with Crippen LogP contribution in [0.3, 0.4) is 0 Å². The number of para-hydroxylation sites is 1. The predicted molar refractivity (Wildman–Crippen MR) is 84.8 cm³/mol. The lowest BCUT2D eigenvalue weighted by atomic mass is 9.81. The minimum Gasteiger partial charge on any atom is -0.481 e. The van der Waals surface area contributed by atoms with Crippen LogP contribution < -0.4 is 4.90 Å². The van der Waals surface area contributed by atoms with Gasteiger partial charge >= 0.3 is 5.97 Å². The van der Waals surface area contributed by atoms with Crippen molar-refractivity contribution in [3.05, 3.63) is 29.8 Å². The molecule has 1 aromatic rings. The summed E-state index contributed by atoms with van der Waals surface area (Å²) < 4.78 is 0. The second-order valence-corrected chi connectivity index (χ2v) is 6.46. The third-order valence-corrected chi connectivity index (χ3v) is 5.05. The molecule has 4 nitrogen and oxygen atoms in total. The molecule has 0 bridgehead atoms. The summed E-state index contributed by atoms with van der Waals surface area (Å²) in [6.07, 6.45) is 5.84. The van der Waals surface area contributed by atoms with Crippen LogP contribution in [0.25, 0.3) is 0 Å². The maximum Gasteiger partial charge on any atom is 0.306 e. The standard InChI is InChI=1S/C18H23NO3/c20-17(14-8-10-15(11-9-14)18(21)22)19-12-4-3-6-13-5-1-2-7-16(13)19/h1-2,5,7,14-15H,3-4,6,8-12H2,(H,21,22). The van der Waals surface area contributed by atoms with Crippen LogP contribution in [-0.2, 0) is 16.0 Å². The van der Waals surface area contributed by atoms with Crippen molar-refractivity contribution in [2.24, 2.45) is 11.8 Å². The number of amides is 1. The highest BCUT2D eigenvalue weighted by molar-refractivity contribution is 5.96. The van der Waals surface area contributed by atoms with Gasteiger partial charge in [0.25, 0.3) is 0 Å². The molecule has 3 rings (SSSR count). The molecule has 0 atom stereocenters. The third kappa shape index (κ3) is 3.01. The Labute approximate surface area is 131 Å². The van der Waals surface area contributed by atoms with E-state index < -0.39 is 5.97 Å². The lowest BCUT2D eigenvalue weighted by Crippen LogP contribution is -2.39. The van der Waals surface area contributed by atoms with E-state index in [9.17, 15) is 9.59 Å². The molecule has 1 heterocycles. The van der Waals surface area contributed by atoms with Gasteiger partial charge in [-0.3, -0.25) is 9.59 Å². The summed E-state index contributed by atoms with van der Waals surface area (Å²) >= 11 is 0. The summed E-state index contributed by atoms with van der Waals surface area (Å²) in [5.41, 5.74) is 2.32. The molecule has 4 heteroatoms. The molecule has 22 heavy (non-hydrogen) atoms. The molecule has 0 aromatic heterocycles. The van der Waals surface area contributed by atoms with Gasteiger partial charge in [-0.1, -0.05) is 18.2 Å². The van der Waals surface area contributed by atoms with E-state index in [4.69, 9.17) is 5.11 Å². The van der Waals surface area contributed by atoms with E-state index in [0.29, 0.717) is 25.7 Å². The first-order chi connectivity index (χ1) is 10.7. The average molecular weight is 301 g/mol. The molecule has 0 saturated heterocycles. The van der Waals surface area contributed by atoms with Gasteiger partial charge in [0.15, 0.2) is 0 Å². The molecule has 1 amide bonds. The van der Waals surface area contributed by atoms with E-state index in [1.54, 1.807) is 0 Å². The van der Waals surface area contributed by atoms with Crippen molar-refractivity contribution in [3.8, 4) is 0 Å². The van der Waals surface area contributed by atoms with Gasteiger partial charge in [0.1, 0.15) is 0 Å². The Hall–Kier alpha value is -1.84. The van der Waals surface area contributed by atoms with Gasteiger partial charge in [-0.15, -0.1) is 0 Å². The number of hydrogen-bond donors (Lipinski definition) is 1. The molecule has 0 unspecified atom stereocenters. The molecule has 0 radical (unpaired) electrons. The minimum absolute atomic E-state index is 0.0123. The Bertz CT molecular complexity index is 561. The summed E-state index contributed by atoms with van der Waals surface area (Å²) in [4.78, 5) is 25.9. The number of aliphatic carboxylic acids is 1. The van der Waals surface area contributed by atoms with Crippen LogP contribution in [-0.4, -0.2) is 23.5 Å². The topological polar surface area (TPSA) is 57.6 Å². The number of carbonyl (C=O) groups is 2. The minimum atomic E-state index is -0.717. The number of carboxylic acid groups (broad SMARTS) is 1. The number of anilines is 1. The van der Waals surface area contributed by atoms with Gasteiger partial charge in [0, 0.05) is 18.2 Å². The molecule has 1 fully saturated rings. The molecule has 1 aliphatic heterocycles. The lowest BCUT2D eigenvalue weighted by Gasteiger charge is -2.31. The zero-order valence-corrected chi connectivity index (χ0v) is 12.8. The van der Waals surface area contributed by atoms with E-state index in [1.807, 2.05) is 23.1 Å². The summed E-state index contributed by atoms with van der Waals surface area (Å²) in [6, 6.07) is 8.18. The fourth-order valence-corrected chi connectivity index (χ4v) is 3.73. The smallest absolute Gasteiger partial charge is 0.306 e. The highest BCUT2D eigenvalue weighted by Crippen LogP contribution is 2.33. The van der Waals surface area contributed by atoms with E-state index in [1.165, 1.54) is 5.56 Å². The molecular weight excluding hydrogens is 278 g/mol.